The molecule has 1 aromatic carbocycles. The van der Waals surface area contributed by atoms with Gasteiger partial charge in [-0.05, 0) is 5.92 Å². The Bertz CT molecular complexity index is 543. The number of hydrogen-bond donors (Lipinski definition) is 0. The third-order valence-corrected chi connectivity index (χ3v) is 3.37. The number of amidine groups is 1. The zero-order valence-corrected chi connectivity index (χ0v) is 16.4. The Balaban J connectivity index is 0.00000200. The fourth-order valence-corrected chi connectivity index (χ4v) is 2.40. The van der Waals surface area contributed by atoms with E-state index in [0.717, 1.165) is 11.3 Å². The molecule has 2 rings (SSSR count). The van der Waals surface area contributed by atoms with Crippen LogP contribution in [0.25, 0.3) is 0 Å². The Morgan fingerprint density at radius 3 is 2.90 bits per heavy atom. The third kappa shape index (κ3) is 4.64. The van der Waals surface area contributed by atoms with E-state index in [4.69, 9.17) is 0 Å². The number of anilines is 1. The Morgan fingerprint density at radius 1 is 1.50 bits per heavy atom. The molecule has 0 saturated carbocycles. The van der Waals surface area contributed by atoms with Gasteiger partial charge in [-0.3, -0.25) is 9.69 Å². The smallest absolute Gasteiger partial charge is 0.241 e. The topological polar surface area (TPSA) is 45.0 Å². The molecule has 0 N–H and O–H groups in total. The predicted octanol–water partition coefficient (Wildman–Crippen LogP) is 2.87. The first-order valence-electron chi connectivity index (χ1n) is 6.13. The molecule has 1 aromatic rings. The molecule has 103 valence electrons. The van der Waals surface area contributed by atoms with E-state index in [-0.39, 0.29) is 47.2 Å². The molecule has 6 heteroatoms. The van der Waals surface area contributed by atoms with E-state index in [0.29, 0.717) is 16.8 Å². The van der Waals surface area contributed by atoms with Gasteiger partial charge in [-0.15, -0.1) is 11.2 Å². The average molecular weight is 415 g/mol. The summed E-state index contributed by atoms with van der Waals surface area (Å²) >= 11 is 1.40. The van der Waals surface area contributed by atoms with E-state index >= 15 is 0 Å². The molecule has 1 heterocycles. The van der Waals surface area contributed by atoms with Crippen molar-refractivity contribution in [1.82, 2.24) is 0 Å². The summed E-state index contributed by atoms with van der Waals surface area (Å²) in [5.74, 6) is 0.758. The molecule has 0 unspecified atom stereocenters. The van der Waals surface area contributed by atoms with Gasteiger partial charge in [0.15, 0.2) is 5.17 Å². The summed E-state index contributed by atoms with van der Waals surface area (Å²) in [7, 11) is 0. The van der Waals surface area contributed by atoms with Crippen molar-refractivity contribution < 1.29 is 46.1 Å². The van der Waals surface area contributed by atoms with Crippen LogP contribution in [0.3, 0.4) is 0 Å². The van der Waals surface area contributed by atoms with Crippen LogP contribution >= 0.6 is 11.8 Å². The number of benzene rings is 1. The predicted molar refractivity (Wildman–Crippen MR) is 80.7 cm³/mol. The average Bonchev–Trinajstić information content (AvgIpc) is 2.70. The molecule has 0 spiro atoms. The van der Waals surface area contributed by atoms with Gasteiger partial charge in [-0.2, -0.15) is 28.9 Å². The second-order valence-electron chi connectivity index (χ2n) is 4.66. The number of carbonyl (C=O) groups excluding carboxylic acids is 1. The SMILES string of the molecule is Cc1cc[c-]c(N2C(=O)CS/C2=N\N=C\C(C)C)c1.[Pr]. The first-order chi connectivity index (χ1) is 9.08. The van der Waals surface area contributed by atoms with Gasteiger partial charge in [0.25, 0.3) is 0 Å². The zero-order chi connectivity index (χ0) is 13.8. The van der Waals surface area contributed by atoms with Gasteiger partial charge in [0.05, 0.1) is 5.75 Å². The van der Waals surface area contributed by atoms with E-state index in [2.05, 4.69) is 16.3 Å². The van der Waals surface area contributed by atoms with Crippen LogP contribution in [0.5, 0.6) is 0 Å². The first kappa shape index (κ1) is 17.8. The first-order valence-corrected chi connectivity index (χ1v) is 7.11. The summed E-state index contributed by atoms with van der Waals surface area (Å²) in [6.45, 7) is 6.05. The number of rotatable bonds is 3. The molecule has 20 heavy (non-hydrogen) atoms. The molecule has 0 aromatic heterocycles. The maximum Gasteiger partial charge on any atom is 0.241 e. The largest absolute Gasteiger partial charge is 0.282 e. The van der Waals surface area contributed by atoms with Crippen molar-refractivity contribution in [3.05, 3.63) is 29.8 Å². The standard InChI is InChI=1S/C14H16N3OS.Pr/c1-10(2)8-15-16-14-17(13(18)9-19-14)12-6-4-5-11(3)7-12;/h4-5,7-8,10H,9H2,1-3H3;/q-1;/b15-8+,16-14-;. The molecule has 1 fully saturated rings. The van der Waals surface area contributed by atoms with Crippen LogP contribution in [0.15, 0.2) is 28.4 Å². The minimum Gasteiger partial charge on any atom is -0.282 e. The van der Waals surface area contributed by atoms with Crippen LogP contribution in [0, 0.1) is 60.2 Å². The molecule has 0 aliphatic carbocycles. The zero-order valence-electron chi connectivity index (χ0n) is 11.8. The van der Waals surface area contributed by atoms with Crippen LogP contribution in [0.4, 0.5) is 5.69 Å². The van der Waals surface area contributed by atoms with Gasteiger partial charge in [0.2, 0.25) is 5.91 Å². The van der Waals surface area contributed by atoms with Crippen molar-refractivity contribution in [2.24, 2.45) is 16.1 Å². The molecule has 1 aliphatic heterocycles. The van der Waals surface area contributed by atoms with Crippen molar-refractivity contribution in [2.45, 2.75) is 20.8 Å². The quantitative estimate of drug-likeness (QED) is 0.433. The van der Waals surface area contributed by atoms with Crippen LogP contribution in [-0.4, -0.2) is 23.0 Å². The van der Waals surface area contributed by atoms with Crippen molar-refractivity contribution in [1.29, 1.82) is 0 Å². The Hall–Kier alpha value is -0.256. The summed E-state index contributed by atoms with van der Waals surface area (Å²) in [6.07, 6.45) is 1.76. The normalized spacial score (nSPS) is 17.3. The Morgan fingerprint density at radius 2 is 2.25 bits per heavy atom. The number of hydrogen-bond acceptors (Lipinski definition) is 4. The molecule has 1 amide bonds. The summed E-state index contributed by atoms with van der Waals surface area (Å²) in [5.41, 5.74) is 1.82. The summed E-state index contributed by atoms with van der Waals surface area (Å²) < 4.78 is 0. The van der Waals surface area contributed by atoms with Gasteiger partial charge in [-0.25, -0.2) is 0 Å². The van der Waals surface area contributed by atoms with Gasteiger partial charge in [0.1, 0.15) is 0 Å². The fourth-order valence-electron chi connectivity index (χ4n) is 1.58. The van der Waals surface area contributed by atoms with E-state index in [1.807, 2.05) is 39.0 Å². The molecule has 0 atom stereocenters. The van der Waals surface area contributed by atoms with Gasteiger partial charge < -0.3 is 0 Å². The second-order valence-corrected chi connectivity index (χ2v) is 5.60. The molecule has 0 bridgehead atoms. The fraction of sp³-hybridized carbons (Fsp3) is 0.357. The van der Waals surface area contributed by atoms with Crippen LogP contribution < -0.4 is 4.90 Å². The maximum atomic E-state index is 11.9. The summed E-state index contributed by atoms with van der Waals surface area (Å²) in [6, 6.07) is 8.76. The van der Waals surface area contributed by atoms with E-state index in [1.54, 1.807) is 11.1 Å². The number of amides is 1. The summed E-state index contributed by atoms with van der Waals surface area (Å²) in [4.78, 5) is 13.5. The summed E-state index contributed by atoms with van der Waals surface area (Å²) in [5, 5.41) is 8.77. The van der Waals surface area contributed by atoms with Crippen molar-refractivity contribution in [3.8, 4) is 0 Å². The molecular formula is C14H16N3OPrS-. The van der Waals surface area contributed by atoms with Crippen molar-refractivity contribution >= 4 is 34.7 Å². The van der Waals surface area contributed by atoms with E-state index < -0.39 is 0 Å². The number of thioether (sulfide) groups is 1. The van der Waals surface area contributed by atoms with Crippen LogP contribution in [0.2, 0.25) is 0 Å². The van der Waals surface area contributed by atoms with E-state index in [1.165, 1.54) is 11.8 Å². The molecule has 1 aliphatic rings. The van der Waals surface area contributed by atoms with E-state index in [9.17, 15) is 4.79 Å². The monoisotopic (exact) mass is 415 g/mol. The number of nitrogens with zero attached hydrogens (tertiary/aromatic N) is 3. The van der Waals surface area contributed by atoms with Crippen molar-refractivity contribution in [3.63, 3.8) is 0 Å². The molecule has 1 radical (unpaired) electrons. The van der Waals surface area contributed by atoms with Gasteiger partial charge >= 0.3 is 0 Å². The second kappa shape index (κ2) is 8.25. The Labute approximate surface area is 157 Å². The third-order valence-electron chi connectivity index (χ3n) is 2.46. The minimum atomic E-state index is 0. The Kier molecular flexibility index (Phi) is 7.34. The molecule has 1 saturated heterocycles. The van der Waals surface area contributed by atoms with Crippen LogP contribution in [-0.2, 0) is 4.79 Å². The van der Waals surface area contributed by atoms with Crippen LogP contribution in [0.1, 0.15) is 19.4 Å². The van der Waals surface area contributed by atoms with Gasteiger partial charge in [0, 0.05) is 47.5 Å². The van der Waals surface area contributed by atoms with Gasteiger partial charge in [-0.1, -0.05) is 38.2 Å². The number of carbonyl (C=O) groups is 1. The molecule has 4 nitrogen and oxygen atoms in total. The number of aryl methyl sites for hydroxylation is 1. The van der Waals surface area contributed by atoms with Crippen molar-refractivity contribution in [2.75, 3.05) is 10.7 Å². The minimum absolute atomic E-state index is 0. The molecular weight excluding hydrogens is 399 g/mol. The maximum absolute atomic E-state index is 11.9.